The Kier molecular flexibility index (Phi) is 9.08. The van der Waals surface area contributed by atoms with Crippen molar-refractivity contribution in [3.05, 3.63) is 76.6 Å². The van der Waals surface area contributed by atoms with Crippen molar-refractivity contribution in [2.75, 3.05) is 11.9 Å². The second-order valence-corrected chi connectivity index (χ2v) is 6.73. The number of rotatable bonds is 7. The largest absolute Gasteiger partial charge is 0.385 e. The Morgan fingerprint density at radius 1 is 1.26 bits per heavy atom. The molecule has 1 aromatic heterocycles. The third-order valence-electron chi connectivity index (χ3n) is 4.22. The van der Waals surface area contributed by atoms with Crippen molar-refractivity contribution < 1.29 is 9.59 Å². The fourth-order valence-corrected chi connectivity index (χ4v) is 2.78. The highest BCUT2D eigenvalue weighted by Crippen LogP contribution is 2.26. The lowest BCUT2D eigenvalue weighted by molar-refractivity contribution is -0.110. The van der Waals surface area contributed by atoms with Crippen LogP contribution in [0.15, 0.2) is 54.9 Å². The Labute approximate surface area is 185 Å². The van der Waals surface area contributed by atoms with E-state index in [4.69, 9.17) is 16.9 Å². The predicted octanol–water partition coefficient (Wildman–Crippen LogP) is 3.61. The van der Waals surface area contributed by atoms with Gasteiger partial charge < -0.3 is 5.32 Å². The van der Waals surface area contributed by atoms with Gasteiger partial charge in [-0.25, -0.2) is 4.68 Å². The highest BCUT2D eigenvalue weighted by molar-refractivity contribution is 6.32. The van der Waals surface area contributed by atoms with Crippen molar-refractivity contribution in [3.8, 4) is 11.8 Å². The summed E-state index contributed by atoms with van der Waals surface area (Å²) in [6.45, 7) is 4.94. The first-order chi connectivity index (χ1) is 15.0. The number of nitrogens with one attached hydrogen (secondary N) is 3. The molecule has 0 aliphatic rings. The van der Waals surface area contributed by atoms with E-state index in [1.54, 1.807) is 41.2 Å². The van der Waals surface area contributed by atoms with Gasteiger partial charge in [-0.2, -0.15) is 10.4 Å². The van der Waals surface area contributed by atoms with E-state index in [0.29, 0.717) is 22.6 Å². The summed E-state index contributed by atoms with van der Waals surface area (Å²) < 4.78 is 1.69. The van der Waals surface area contributed by atoms with E-state index in [9.17, 15) is 9.59 Å². The van der Waals surface area contributed by atoms with Crippen LogP contribution in [0.2, 0.25) is 5.02 Å². The van der Waals surface area contributed by atoms with E-state index in [0.717, 1.165) is 29.9 Å². The van der Waals surface area contributed by atoms with Gasteiger partial charge in [0.25, 0.3) is 5.91 Å². The zero-order chi connectivity index (χ0) is 22.6. The molecule has 8 nitrogen and oxygen atoms in total. The minimum absolute atomic E-state index is 0.371. The molecule has 160 valence electrons. The van der Waals surface area contributed by atoms with Gasteiger partial charge in [-0.05, 0) is 61.4 Å². The number of amides is 2. The molecule has 3 N–H and O–H groups in total. The maximum Gasteiger partial charge on any atom is 0.269 e. The second kappa shape index (κ2) is 12.0. The third kappa shape index (κ3) is 6.59. The molecule has 0 bridgehead atoms. The Bertz CT molecular complexity index is 1040. The molecule has 3 rings (SSSR count). The third-order valence-corrected chi connectivity index (χ3v) is 4.70. The van der Waals surface area contributed by atoms with Crippen LogP contribution in [0.3, 0.4) is 0 Å². The smallest absolute Gasteiger partial charge is 0.269 e. The SMILES string of the molecule is CCCNc1ccc(C#N)c(Cl)c1C.O=CNNC(=O)c1ccc(-n2cccn2)cc1. The molecule has 1 heterocycles. The summed E-state index contributed by atoms with van der Waals surface area (Å²) in [5, 5.41) is 16.6. The lowest BCUT2D eigenvalue weighted by Gasteiger charge is -2.10. The first kappa shape index (κ1) is 23.4. The number of benzene rings is 2. The number of nitriles is 1. The highest BCUT2D eigenvalue weighted by atomic mass is 35.5. The maximum atomic E-state index is 11.4. The molecule has 0 unspecified atom stereocenters. The number of hydrogen-bond acceptors (Lipinski definition) is 5. The first-order valence-electron chi connectivity index (χ1n) is 9.54. The van der Waals surface area contributed by atoms with Crippen molar-refractivity contribution in [2.45, 2.75) is 20.3 Å². The molecule has 0 radical (unpaired) electrons. The molecule has 2 aromatic carbocycles. The van der Waals surface area contributed by atoms with Crippen LogP contribution in [-0.4, -0.2) is 28.6 Å². The summed E-state index contributed by atoms with van der Waals surface area (Å²) in [6.07, 6.45) is 4.95. The van der Waals surface area contributed by atoms with E-state index in [-0.39, 0.29) is 5.91 Å². The molecule has 0 atom stereocenters. The number of hydrazine groups is 1. The predicted molar refractivity (Wildman–Crippen MR) is 120 cm³/mol. The molecule has 0 saturated heterocycles. The summed E-state index contributed by atoms with van der Waals surface area (Å²) in [7, 11) is 0. The van der Waals surface area contributed by atoms with Gasteiger partial charge >= 0.3 is 0 Å². The van der Waals surface area contributed by atoms with Crippen LogP contribution in [0.5, 0.6) is 0 Å². The monoisotopic (exact) mass is 438 g/mol. The van der Waals surface area contributed by atoms with Crippen LogP contribution >= 0.6 is 11.6 Å². The quantitative estimate of drug-likeness (QED) is 0.385. The molecule has 9 heteroatoms. The first-order valence-corrected chi connectivity index (χ1v) is 9.92. The van der Waals surface area contributed by atoms with E-state index < -0.39 is 0 Å². The molecule has 31 heavy (non-hydrogen) atoms. The number of aromatic nitrogens is 2. The van der Waals surface area contributed by atoms with Gasteiger partial charge in [0.15, 0.2) is 0 Å². The molecule has 0 aliphatic carbocycles. The minimum Gasteiger partial charge on any atom is -0.385 e. The van der Waals surface area contributed by atoms with Crippen molar-refractivity contribution in [1.29, 1.82) is 5.26 Å². The number of anilines is 1. The molecule has 2 amide bonds. The number of hydrogen-bond donors (Lipinski definition) is 3. The van der Waals surface area contributed by atoms with Gasteiger partial charge in [-0.15, -0.1) is 0 Å². The fourth-order valence-electron chi connectivity index (χ4n) is 2.58. The van der Waals surface area contributed by atoms with Crippen molar-refractivity contribution in [1.82, 2.24) is 20.6 Å². The lowest BCUT2D eigenvalue weighted by atomic mass is 10.1. The lowest BCUT2D eigenvalue weighted by Crippen LogP contribution is -2.36. The summed E-state index contributed by atoms with van der Waals surface area (Å²) in [4.78, 5) is 21.5. The number of carbonyl (C=O) groups excluding carboxylic acids is 2. The normalized spacial score (nSPS) is 9.61. The standard InChI is InChI=1S/C11H13ClN2.C11H10N4O2/c1-3-6-14-10-5-4-9(7-13)11(12)8(10)2;16-8-12-14-11(17)9-2-4-10(5-3-9)15-7-1-6-13-15/h4-5,14H,3,6H2,1-2H3;1-8H,(H,12,16)(H,14,17). The topological polar surface area (TPSA) is 112 Å². The van der Waals surface area contributed by atoms with Crippen molar-refractivity contribution in [3.63, 3.8) is 0 Å². The van der Waals surface area contributed by atoms with E-state index in [1.165, 1.54) is 0 Å². The van der Waals surface area contributed by atoms with Gasteiger partial charge in [-0.1, -0.05) is 18.5 Å². The molecular weight excluding hydrogens is 416 g/mol. The highest BCUT2D eigenvalue weighted by Gasteiger charge is 2.07. The molecule has 3 aromatic rings. The molecule has 0 aliphatic heterocycles. The average Bonchev–Trinajstić information content (AvgIpc) is 3.34. The van der Waals surface area contributed by atoms with E-state index in [2.05, 4.69) is 34.3 Å². The fraction of sp³-hybridized carbons (Fsp3) is 0.182. The van der Waals surface area contributed by atoms with Crippen LogP contribution in [0.25, 0.3) is 5.69 Å². The van der Waals surface area contributed by atoms with Crippen molar-refractivity contribution in [2.24, 2.45) is 0 Å². The van der Waals surface area contributed by atoms with Crippen LogP contribution in [-0.2, 0) is 4.79 Å². The van der Waals surface area contributed by atoms with Crippen LogP contribution in [0.1, 0.15) is 34.8 Å². The van der Waals surface area contributed by atoms with Crippen LogP contribution in [0, 0.1) is 18.3 Å². The Morgan fingerprint density at radius 3 is 2.58 bits per heavy atom. The number of carbonyl (C=O) groups is 2. The second-order valence-electron chi connectivity index (χ2n) is 6.35. The van der Waals surface area contributed by atoms with Crippen LogP contribution < -0.4 is 16.2 Å². The summed E-state index contributed by atoms with van der Waals surface area (Å²) >= 11 is 6.01. The van der Waals surface area contributed by atoms with Gasteiger partial charge in [0, 0.05) is 30.2 Å². The molecule has 0 saturated carbocycles. The maximum absolute atomic E-state index is 11.4. The van der Waals surface area contributed by atoms with Gasteiger partial charge in [0.2, 0.25) is 6.41 Å². The van der Waals surface area contributed by atoms with Crippen LogP contribution in [0.4, 0.5) is 5.69 Å². The number of nitrogens with zero attached hydrogens (tertiary/aromatic N) is 3. The summed E-state index contributed by atoms with van der Waals surface area (Å²) in [5.41, 5.74) is 8.11. The van der Waals surface area contributed by atoms with Gasteiger partial charge in [0.05, 0.1) is 16.3 Å². The summed E-state index contributed by atoms with van der Waals surface area (Å²) in [5.74, 6) is -0.371. The average molecular weight is 439 g/mol. The van der Waals surface area contributed by atoms with E-state index in [1.807, 2.05) is 25.3 Å². The number of halogens is 1. The minimum atomic E-state index is -0.371. The Hall–Kier alpha value is -3.83. The molecule has 0 spiro atoms. The zero-order valence-electron chi connectivity index (χ0n) is 17.2. The Balaban J connectivity index is 0.000000225. The Morgan fingerprint density at radius 2 is 2.00 bits per heavy atom. The van der Waals surface area contributed by atoms with Crippen molar-refractivity contribution >= 4 is 29.6 Å². The summed E-state index contributed by atoms with van der Waals surface area (Å²) in [6, 6.07) is 14.4. The zero-order valence-corrected chi connectivity index (χ0v) is 18.0. The molecule has 0 fully saturated rings. The molecular formula is C22H23ClN6O2. The van der Waals surface area contributed by atoms with Gasteiger partial charge in [-0.3, -0.25) is 20.4 Å². The van der Waals surface area contributed by atoms with Gasteiger partial charge in [0.1, 0.15) is 6.07 Å². The van der Waals surface area contributed by atoms with E-state index >= 15 is 0 Å².